The van der Waals surface area contributed by atoms with Gasteiger partial charge in [-0.2, -0.15) is 5.01 Å². The fourth-order valence-electron chi connectivity index (χ4n) is 3.45. The lowest BCUT2D eigenvalue weighted by Crippen LogP contribution is -2.35. The summed E-state index contributed by atoms with van der Waals surface area (Å²) in [5.74, 6) is 0. The molecule has 3 rings (SSSR count). The number of nitrogens with one attached hydrogen (secondary N) is 1. The van der Waals surface area contributed by atoms with Gasteiger partial charge in [0.15, 0.2) is 0 Å². The smallest absolute Gasteiger partial charge is 0.330 e. The van der Waals surface area contributed by atoms with Gasteiger partial charge < -0.3 is 5.32 Å². The highest BCUT2D eigenvalue weighted by atomic mass is 16.2. The molecular formula is C16H23N3O. The van der Waals surface area contributed by atoms with Crippen molar-refractivity contribution in [3.63, 3.8) is 0 Å². The van der Waals surface area contributed by atoms with Crippen LogP contribution < -0.4 is 5.32 Å². The molecule has 0 aromatic heterocycles. The van der Waals surface area contributed by atoms with E-state index in [-0.39, 0.29) is 17.7 Å². The lowest BCUT2D eigenvalue weighted by molar-refractivity contribution is 0.206. The normalized spacial score (nSPS) is 25.3. The van der Waals surface area contributed by atoms with Crippen molar-refractivity contribution in [3.8, 4) is 0 Å². The molecule has 1 spiro atoms. The number of nitrogens with zero attached hydrogens (tertiary/aromatic N) is 2. The van der Waals surface area contributed by atoms with Crippen LogP contribution in [-0.2, 0) is 0 Å². The summed E-state index contributed by atoms with van der Waals surface area (Å²) >= 11 is 0. The molecule has 2 atom stereocenters. The van der Waals surface area contributed by atoms with Gasteiger partial charge in [-0.25, -0.2) is 9.80 Å². The molecule has 0 radical (unpaired) electrons. The van der Waals surface area contributed by atoms with Crippen LogP contribution in [0.3, 0.4) is 0 Å². The molecule has 2 aliphatic rings. The Labute approximate surface area is 120 Å². The minimum absolute atomic E-state index is 0.0126. The molecule has 2 amide bonds. The van der Waals surface area contributed by atoms with Crippen LogP contribution >= 0.6 is 0 Å². The van der Waals surface area contributed by atoms with E-state index < -0.39 is 0 Å². The quantitative estimate of drug-likeness (QED) is 0.839. The van der Waals surface area contributed by atoms with Crippen LogP contribution in [0.2, 0.25) is 0 Å². The van der Waals surface area contributed by atoms with E-state index in [4.69, 9.17) is 0 Å². The number of hydrogen-bond acceptors (Lipinski definition) is 2. The molecule has 1 saturated heterocycles. The first-order valence-electron chi connectivity index (χ1n) is 7.54. The van der Waals surface area contributed by atoms with E-state index in [0.717, 1.165) is 18.4 Å². The van der Waals surface area contributed by atoms with Crippen molar-refractivity contribution in [2.75, 3.05) is 7.05 Å². The molecule has 0 bridgehead atoms. The van der Waals surface area contributed by atoms with Crippen LogP contribution in [0.5, 0.6) is 0 Å². The summed E-state index contributed by atoms with van der Waals surface area (Å²) in [4.78, 5) is 12.4. The fourth-order valence-corrected chi connectivity index (χ4v) is 3.45. The van der Waals surface area contributed by atoms with Gasteiger partial charge >= 0.3 is 6.03 Å². The molecule has 4 nitrogen and oxygen atoms in total. The van der Waals surface area contributed by atoms with E-state index in [2.05, 4.69) is 10.3 Å². The summed E-state index contributed by atoms with van der Waals surface area (Å²) in [5, 5.41) is 7.12. The Morgan fingerprint density at radius 2 is 1.85 bits per heavy atom. The van der Waals surface area contributed by atoms with Crippen molar-refractivity contribution in [2.45, 2.75) is 50.7 Å². The monoisotopic (exact) mass is 273 g/mol. The van der Waals surface area contributed by atoms with Crippen molar-refractivity contribution >= 4 is 6.03 Å². The van der Waals surface area contributed by atoms with Gasteiger partial charge in [0, 0.05) is 7.05 Å². The van der Waals surface area contributed by atoms with Gasteiger partial charge in [-0.1, -0.05) is 36.8 Å². The second kappa shape index (κ2) is 5.09. The van der Waals surface area contributed by atoms with Crippen molar-refractivity contribution in [3.05, 3.63) is 35.9 Å². The minimum atomic E-state index is 0.0126. The maximum atomic E-state index is 12.4. The van der Waals surface area contributed by atoms with E-state index in [0.29, 0.717) is 0 Å². The van der Waals surface area contributed by atoms with Gasteiger partial charge in [0.05, 0.1) is 6.04 Å². The van der Waals surface area contributed by atoms with Gasteiger partial charge in [0.1, 0.15) is 5.66 Å². The highest BCUT2D eigenvalue weighted by molar-refractivity contribution is 5.77. The van der Waals surface area contributed by atoms with Crippen molar-refractivity contribution in [1.82, 2.24) is 15.3 Å². The van der Waals surface area contributed by atoms with Gasteiger partial charge in [0.2, 0.25) is 0 Å². The molecule has 4 heteroatoms. The number of hydrogen-bond donors (Lipinski definition) is 1. The van der Waals surface area contributed by atoms with Crippen LogP contribution in [-0.4, -0.2) is 28.8 Å². The first kappa shape index (κ1) is 13.4. The van der Waals surface area contributed by atoms with E-state index >= 15 is 0 Å². The average Bonchev–Trinajstić information content (AvgIpc) is 3.03. The second-order valence-electron chi connectivity index (χ2n) is 5.96. The first-order chi connectivity index (χ1) is 9.65. The predicted molar refractivity (Wildman–Crippen MR) is 78.8 cm³/mol. The standard InChI is InChI=1S/C16H23N3O/c1-13(14-9-5-3-6-10-14)17-15(20)19-16(18(19)2)11-7-4-8-12-16/h3,5-6,9-10,13H,4,7-8,11-12H2,1-2H3,(H,17,20). The Morgan fingerprint density at radius 3 is 2.50 bits per heavy atom. The van der Waals surface area contributed by atoms with Gasteiger partial charge in [0.25, 0.3) is 0 Å². The number of carbonyl (C=O) groups excluding carboxylic acids is 1. The summed E-state index contributed by atoms with van der Waals surface area (Å²) in [5.41, 5.74) is 1.15. The Kier molecular flexibility index (Phi) is 3.42. The molecule has 1 aliphatic carbocycles. The molecule has 1 aliphatic heterocycles. The minimum Gasteiger partial charge on any atom is -0.330 e. The third kappa shape index (κ3) is 2.18. The zero-order chi connectivity index (χ0) is 14.2. The first-order valence-corrected chi connectivity index (χ1v) is 7.54. The number of carbonyl (C=O) groups is 1. The number of urea groups is 1. The Balaban J connectivity index is 1.63. The number of benzene rings is 1. The molecule has 1 N–H and O–H groups in total. The van der Waals surface area contributed by atoms with Crippen molar-refractivity contribution in [1.29, 1.82) is 0 Å². The molecule has 20 heavy (non-hydrogen) atoms. The molecule has 108 valence electrons. The van der Waals surface area contributed by atoms with E-state index in [1.54, 1.807) is 0 Å². The molecular weight excluding hydrogens is 250 g/mol. The van der Waals surface area contributed by atoms with Crippen LogP contribution in [0.25, 0.3) is 0 Å². The zero-order valence-electron chi connectivity index (χ0n) is 12.3. The topological polar surface area (TPSA) is 35.1 Å². The third-order valence-electron chi connectivity index (χ3n) is 4.74. The zero-order valence-corrected chi connectivity index (χ0v) is 12.3. The van der Waals surface area contributed by atoms with Crippen molar-refractivity contribution < 1.29 is 4.79 Å². The SMILES string of the molecule is CC(NC(=O)N1N(C)C12CCCCC2)c1ccccc1. The summed E-state index contributed by atoms with van der Waals surface area (Å²) < 4.78 is 0. The summed E-state index contributed by atoms with van der Waals surface area (Å²) in [6, 6.07) is 10.2. The highest BCUT2D eigenvalue weighted by Crippen LogP contribution is 2.48. The predicted octanol–water partition coefficient (Wildman–Crippen LogP) is 3.28. The largest absolute Gasteiger partial charge is 0.334 e. The summed E-state index contributed by atoms with van der Waals surface area (Å²) in [6.45, 7) is 2.03. The Bertz CT molecular complexity index is 482. The van der Waals surface area contributed by atoms with E-state index in [1.807, 2.05) is 49.3 Å². The lowest BCUT2D eigenvalue weighted by Gasteiger charge is -2.21. The molecule has 2 fully saturated rings. The third-order valence-corrected chi connectivity index (χ3v) is 4.74. The Hall–Kier alpha value is -1.55. The van der Waals surface area contributed by atoms with Crippen LogP contribution in [0, 0.1) is 0 Å². The van der Waals surface area contributed by atoms with Crippen LogP contribution in [0.15, 0.2) is 30.3 Å². The highest BCUT2D eigenvalue weighted by Gasteiger charge is 2.61. The average molecular weight is 273 g/mol. The van der Waals surface area contributed by atoms with E-state index in [9.17, 15) is 4.79 Å². The van der Waals surface area contributed by atoms with Gasteiger partial charge in [-0.05, 0) is 38.2 Å². The van der Waals surface area contributed by atoms with Crippen LogP contribution in [0.1, 0.15) is 50.6 Å². The van der Waals surface area contributed by atoms with Crippen LogP contribution in [0.4, 0.5) is 4.79 Å². The van der Waals surface area contributed by atoms with E-state index in [1.165, 1.54) is 19.3 Å². The number of hydrazine groups is 1. The molecule has 1 heterocycles. The van der Waals surface area contributed by atoms with Gasteiger partial charge in [-0.3, -0.25) is 0 Å². The lowest BCUT2D eigenvalue weighted by atomic mass is 9.92. The second-order valence-corrected chi connectivity index (χ2v) is 5.96. The molecule has 2 unspecified atom stereocenters. The number of rotatable bonds is 2. The van der Waals surface area contributed by atoms with Crippen molar-refractivity contribution in [2.24, 2.45) is 0 Å². The summed E-state index contributed by atoms with van der Waals surface area (Å²) in [7, 11) is 2.03. The summed E-state index contributed by atoms with van der Waals surface area (Å²) in [6.07, 6.45) is 5.96. The number of amides is 2. The Morgan fingerprint density at radius 1 is 1.20 bits per heavy atom. The maximum absolute atomic E-state index is 12.4. The molecule has 1 aromatic rings. The molecule has 1 aromatic carbocycles. The maximum Gasteiger partial charge on any atom is 0.334 e. The van der Waals surface area contributed by atoms with Gasteiger partial charge in [-0.15, -0.1) is 0 Å². The molecule has 1 saturated carbocycles. The fraction of sp³-hybridized carbons (Fsp3) is 0.562.